The highest BCUT2D eigenvalue weighted by atomic mass is 32.2. The van der Waals surface area contributed by atoms with E-state index >= 15 is 0 Å². The van der Waals surface area contributed by atoms with E-state index < -0.39 is 0 Å². The predicted molar refractivity (Wildman–Crippen MR) is 100 cm³/mol. The van der Waals surface area contributed by atoms with Gasteiger partial charge in [0.05, 0.1) is 12.9 Å². The Kier molecular flexibility index (Phi) is 5.81. The van der Waals surface area contributed by atoms with Crippen LogP contribution in [0.15, 0.2) is 53.6 Å². The molecule has 25 heavy (non-hydrogen) atoms. The van der Waals surface area contributed by atoms with Crippen LogP contribution in [0.3, 0.4) is 0 Å². The normalized spacial score (nSPS) is 13.6. The molecule has 1 amide bonds. The van der Waals surface area contributed by atoms with Crippen LogP contribution in [0.4, 0.5) is 0 Å². The first-order valence-electron chi connectivity index (χ1n) is 8.53. The van der Waals surface area contributed by atoms with Crippen LogP contribution in [0.1, 0.15) is 26.2 Å². The molecule has 0 N–H and O–H groups in total. The molecule has 0 bridgehead atoms. The van der Waals surface area contributed by atoms with Crippen molar-refractivity contribution >= 4 is 17.7 Å². The van der Waals surface area contributed by atoms with Crippen molar-refractivity contribution in [2.24, 2.45) is 0 Å². The second kappa shape index (κ2) is 8.25. The van der Waals surface area contributed by atoms with Crippen molar-refractivity contribution in [2.45, 2.75) is 31.3 Å². The second-order valence-electron chi connectivity index (χ2n) is 5.79. The zero-order valence-electron chi connectivity index (χ0n) is 14.6. The van der Waals surface area contributed by atoms with Gasteiger partial charge in [-0.1, -0.05) is 17.8 Å². The van der Waals surface area contributed by atoms with Gasteiger partial charge in [-0.05, 0) is 50.5 Å². The zero-order chi connectivity index (χ0) is 17.6. The molecule has 0 saturated carbocycles. The van der Waals surface area contributed by atoms with Crippen molar-refractivity contribution < 1.29 is 9.53 Å². The van der Waals surface area contributed by atoms with Gasteiger partial charge in [0.15, 0.2) is 5.16 Å². The Hall–Kier alpha value is -2.21. The zero-order valence-corrected chi connectivity index (χ0v) is 15.5. The number of nitrogens with zero attached hydrogens (tertiary/aromatic N) is 3. The van der Waals surface area contributed by atoms with E-state index in [1.165, 1.54) is 17.5 Å². The fourth-order valence-electron chi connectivity index (χ4n) is 2.98. The Balaban J connectivity index is 1.67. The first-order chi connectivity index (χ1) is 12.2. The number of carbonyl (C=O) groups is 1. The van der Waals surface area contributed by atoms with Crippen LogP contribution >= 0.6 is 11.8 Å². The van der Waals surface area contributed by atoms with E-state index in [1.54, 1.807) is 13.3 Å². The third-order valence-corrected chi connectivity index (χ3v) is 5.21. The minimum absolute atomic E-state index is 0.143. The molecule has 0 spiro atoms. The molecule has 2 aromatic rings. The summed E-state index contributed by atoms with van der Waals surface area (Å²) in [6.07, 6.45) is 9.08. The summed E-state index contributed by atoms with van der Waals surface area (Å²) >= 11 is 1.47. The Bertz CT molecular complexity index is 752. The molecule has 1 heterocycles. The molecule has 0 saturated heterocycles. The van der Waals surface area contributed by atoms with E-state index in [0.717, 1.165) is 42.4 Å². The van der Waals surface area contributed by atoms with Crippen molar-refractivity contribution in [3.63, 3.8) is 0 Å². The van der Waals surface area contributed by atoms with Crippen molar-refractivity contribution in [3.05, 3.63) is 48.4 Å². The molecule has 132 valence electrons. The van der Waals surface area contributed by atoms with Gasteiger partial charge >= 0.3 is 0 Å². The maximum Gasteiger partial charge on any atom is 0.237 e. The lowest BCUT2D eigenvalue weighted by atomic mass is 10.3. The van der Waals surface area contributed by atoms with Gasteiger partial charge in [-0.15, -0.1) is 0 Å². The van der Waals surface area contributed by atoms with Crippen LogP contribution < -0.4 is 4.74 Å². The van der Waals surface area contributed by atoms with Gasteiger partial charge in [-0.2, -0.15) is 0 Å². The fraction of sp³-hybridized carbons (Fsp3) is 0.368. The summed E-state index contributed by atoms with van der Waals surface area (Å²) in [5, 5.41) is 0.815. The molecule has 0 atom stereocenters. The molecule has 0 radical (unpaired) electrons. The third-order valence-electron chi connectivity index (χ3n) is 4.26. The highest BCUT2D eigenvalue weighted by Crippen LogP contribution is 2.25. The number of methoxy groups -OCH3 is 1. The number of carbonyl (C=O) groups excluding carboxylic acids is 1. The number of imidazole rings is 1. The lowest BCUT2D eigenvalue weighted by Gasteiger charge is -2.22. The van der Waals surface area contributed by atoms with Crippen LogP contribution in [0.5, 0.6) is 5.75 Å². The number of rotatable bonds is 7. The Morgan fingerprint density at radius 1 is 1.36 bits per heavy atom. The SMILES string of the molecule is CCN(C(=O)CSc1nccn1-c1ccc(OC)cc1)C1=CCCC1. The molecule has 5 nitrogen and oxygen atoms in total. The maximum absolute atomic E-state index is 12.6. The van der Waals surface area contributed by atoms with E-state index in [4.69, 9.17) is 4.74 Å². The molecule has 3 rings (SSSR count). The number of benzene rings is 1. The van der Waals surface area contributed by atoms with Gasteiger partial charge in [0.1, 0.15) is 5.75 Å². The van der Waals surface area contributed by atoms with Crippen molar-refractivity contribution in [1.82, 2.24) is 14.5 Å². The quantitative estimate of drug-likeness (QED) is 0.706. The topological polar surface area (TPSA) is 47.4 Å². The maximum atomic E-state index is 12.6. The first-order valence-corrected chi connectivity index (χ1v) is 9.51. The highest BCUT2D eigenvalue weighted by Gasteiger charge is 2.19. The summed E-state index contributed by atoms with van der Waals surface area (Å²) in [6, 6.07) is 7.79. The van der Waals surface area contributed by atoms with E-state index in [-0.39, 0.29) is 5.91 Å². The Morgan fingerprint density at radius 2 is 2.16 bits per heavy atom. The second-order valence-corrected chi connectivity index (χ2v) is 6.73. The highest BCUT2D eigenvalue weighted by molar-refractivity contribution is 7.99. The van der Waals surface area contributed by atoms with Crippen LogP contribution in [0.25, 0.3) is 5.69 Å². The van der Waals surface area contributed by atoms with E-state index in [2.05, 4.69) is 11.1 Å². The molecule has 1 aliphatic carbocycles. The minimum atomic E-state index is 0.143. The van der Waals surface area contributed by atoms with Gasteiger partial charge < -0.3 is 9.64 Å². The average Bonchev–Trinajstić information content (AvgIpc) is 3.32. The van der Waals surface area contributed by atoms with Crippen LogP contribution in [0, 0.1) is 0 Å². The van der Waals surface area contributed by atoms with Crippen LogP contribution in [-0.2, 0) is 4.79 Å². The predicted octanol–water partition coefficient (Wildman–Crippen LogP) is 3.89. The first kappa shape index (κ1) is 17.6. The van der Waals surface area contributed by atoms with Crippen molar-refractivity contribution in [2.75, 3.05) is 19.4 Å². The molecule has 6 heteroatoms. The van der Waals surface area contributed by atoms with E-state index in [1.807, 2.05) is 46.9 Å². The van der Waals surface area contributed by atoms with Gasteiger partial charge in [0.25, 0.3) is 0 Å². The lowest BCUT2D eigenvalue weighted by molar-refractivity contribution is -0.126. The van der Waals surface area contributed by atoms with Crippen LogP contribution in [0.2, 0.25) is 0 Å². The number of ether oxygens (including phenoxy) is 1. The molecule has 0 unspecified atom stereocenters. The number of amides is 1. The third kappa shape index (κ3) is 4.07. The number of hydrogen-bond acceptors (Lipinski definition) is 4. The minimum Gasteiger partial charge on any atom is -0.497 e. The van der Waals surface area contributed by atoms with Gasteiger partial charge in [-0.25, -0.2) is 4.98 Å². The molecule has 1 aromatic heterocycles. The summed E-state index contributed by atoms with van der Waals surface area (Å²) in [6.45, 7) is 2.75. The van der Waals surface area contributed by atoms with Gasteiger partial charge in [0.2, 0.25) is 5.91 Å². The fourth-order valence-corrected chi connectivity index (χ4v) is 3.83. The Morgan fingerprint density at radius 3 is 2.80 bits per heavy atom. The summed E-state index contributed by atoms with van der Waals surface area (Å²) < 4.78 is 7.19. The summed E-state index contributed by atoms with van der Waals surface area (Å²) in [5.74, 6) is 1.35. The van der Waals surface area contributed by atoms with Crippen molar-refractivity contribution in [1.29, 1.82) is 0 Å². The number of allylic oxidation sites excluding steroid dienone is 2. The summed E-state index contributed by atoms with van der Waals surface area (Å²) in [5.41, 5.74) is 2.17. The number of thioether (sulfide) groups is 1. The van der Waals surface area contributed by atoms with Crippen molar-refractivity contribution in [3.8, 4) is 11.4 Å². The molecular formula is C19H23N3O2S. The summed E-state index contributed by atoms with van der Waals surface area (Å²) in [4.78, 5) is 18.9. The largest absolute Gasteiger partial charge is 0.497 e. The van der Waals surface area contributed by atoms with Gasteiger partial charge in [-0.3, -0.25) is 9.36 Å². The molecule has 1 aliphatic rings. The molecule has 1 aromatic carbocycles. The molecular weight excluding hydrogens is 334 g/mol. The average molecular weight is 357 g/mol. The van der Waals surface area contributed by atoms with Crippen LogP contribution in [-0.4, -0.2) is 39.8 Å². The molecule has 0 aliphatic heterocycles. The smallest absolute Gasteiger partial charge is 0.237 e. The van der Waals surface area contributed by atoms with E-state index in [0.29, 0.717) is 5.75 Å². The molecule has 0 fully saturated rings. The number of hydrogen-bond donors (Lipinski definition) is 0. The number of aromatic nitrogens is 2. The Labute approximate surface area is 152 Å². The van der Waals surface area contributed by atoms with E-state index in [9.17, 15) is 4.79 Å². The lowest BCUT2D eigenvalue weighted by Crippen LogP contribution is -2.31. The van der Waals surface area contributed by atoms with Gasteiger partial charge in [0, 0.05) is 30.3 Å². The standard InChI is InChI=1S/C19H23N3O2S/c1-3-21(15-6-4-5-7-15)18(23)14-25-19-20-12-13-22(19)16-8-10-17(24-2)11-9-16/h6,8-13H,3-5,7,14H2,1-2H3. The summed E-state index contributed by atoms with van der Waals surface area (Å²) in [7, 11) is 1.65. The monoisotopic (exact) mass is 357 g/mol.